The van der Waals surface area contributed by atoms with E-state index in [-0.39, 0.29) is 0 Å². The van der Waals surface area contributed by atoms with Crippen LogP contribution >= 0.6 is 0 Å². The summed E-state index contributed by atoms with van der Waals surface area (Å²) in [4.78, 5) is 4.86. The van der Waals surface area contributed by atoms with Crippen LogP contribution in [0, 0.1) is 6.92 Å². The molecule has 33 heavy (non-hydrogen) atoms. The molecule has 0 N–H and O–H groups in total. The first kappa shape index (κ1) is 24.8. The molecule has 0 aliphatic carbocycles. The topological polar surface area (TPSA) is 40.6 Å². The summed E-state index contributed by atoms with van der Waals surface area (Å²) in [5.74, 6) is 0. The highest BCUT2D eigenvalue weighted by Crippen LogP contribution is 2.36. The lowest BCUT2D eigenvalue weighted by molar-refractivity contribution is 0.589. The minimum absolute atomic E-state index is 0.346. The first-order valence-electron chi connectivity index (χ1n) is 11.9. The highest BCUT2D eigenvalue weighted by atomic mass is 32.2. The van der Waals surface area contributed by atoms with Gasteiger partial charge in [0.05, 0.1) is 4.90 Å². The molecule has 0 unspecified atom stereocenters. The number of sulfone groups is 1. The monoisotopic (exact) mass is 464 g/mol. The van der Waals surface area contributed by atoms with Crippen LogP contribution in [-0.4, -0.2) is 34.6 Å². The van der Waals surface area contributed by atoms with Crippen LogP contribution in [0.3, 0.4) is 0 Å². The molecule has 0 aliphatic rings. The zero-order chi connectivity index (χ0) is 24.0. The fourth-order valence-corrected chi connectivity index (χ4v) is 6.13. The Bertz CT molecular complexity index is 1060. The normalized spacial score (nSPS) is 11.6. The van der Waals surface area contributed by atoms with Crippen LogP contribution in [0.1, 0.15) is 49.6 Å². The maximum absolute atomic E-state index is 13.9. The molecule has 0 saturated carbocycles. The third-order valence-electron chi connectivity index (χ3n) is 6.31. The van der Waals surface area contributed by atoms with E-state index in [2.05, 4.69) is 37.5 Å². The van der Waals surface area contributed by atoms with Gasteiger partial charge < -0.3 is 9.80 Å². The van der Waals surface area contributed by atoms with Gasteiger partial charge in [-0.05, 0) is 82.1 Å². The van der Waals surface area contributed by atoms with E-state index in [0.717, 1.165) is 54.2 Å². The molecule has 0 atom stereocenters. The average Bonchev–Trinajstić information content (AvgIpc) is 2.83. The van der Waals surface area contributed by atoms with Crippen LogP contribution in [0.2, 0.25) is 0 Å². The average molecular weight is 465 g/mol. The SMILES string of the molecule is CCN(CC)c1ccc(C(c2ccc(N(CC)CC)cc2)S(=O)(=O)c2ccc(C)cc2)cc1. The second-order valence-corrected chi connectivity index (χ2v) is 10.3. The largest absolute Gasteiger partial charge is 0.372 e. The molecule has 0 saturated heterocycles. The van der Waals surface area contributed by atoms with Gasteiger partial charge >= 0.3 is 0 Å². The minimum atomic E-state index is -3.64. The molecule has 0 spiro atoms. The molecule has 0 amide bonds. The van der Waals surface area contributed by atoms with Gasteiger partial charge in [-0.3, -0.25) is 0 Å². The number of hydrogen-bond donors (Lipinski definition) is 0. The molecule has 0 aromatic heterocycles. The van der Waals surface area contributed by atoms with Crippen LogP contribution in [0.5, 0.6) is 0 Å². The predicted octanol–water partition coefficient (Wildman–Crippen LogP) is 6.25. The van der Waals surface area contributed by atoms with E-state index in [1.807, 2.05) is 67.6 Å². The van der Waals surface area contributed by atoms with Crippen molar-refractivity contribution in [2.24, 2.45) is 0 Å². The molecule has 3 aromatic rings. The summed E-state index contributed by atoms with van der Waals surface area (Å²) in [7, 11) is -3.64. The van der Waals surface area contributed by atoms with Gasteiger partial charge in [-0.25, -0.2) is 8.42 Å². The maximum atomic E-state index is 13.9. The quantitative estimate of drug-likeness (QED) is 0.355. The van der Waals surface area contributed by atoms with Crippen molar-refractivity contribution < 1.29 is 8.42 Å². The summed E-state index contributed by atoms with van der Waals surface area (Å²) in [6.07, 6.45) is 0. The Morgan fingerprint density at radius 1 is 0.606 bits per heavy atom. The number of nitrogens with zero attached hydrogens (tertiary/aromatic N) is 2. The van der Waals surface area contributed by atoms with Crippen molar-refractivity contribution in [3.63, 3.8) is 0 Å². The van der Waals surface area contributed by atoms with Crippen LogP contribution < -0.4 is 9.80 Å². The first-order valence-corrected chi connectivity index (χ1v) is 13.4. The van der Waals surface area contributed by atoms with Crippen molar-refractivity contribution >= 4 is 21.2 Å². The number of aryl methyl sites for hydroxylation is 1. The maximum Gasteiger partial charge on any atom is 0.189 e. The lowest BCUT2D eigenvalue weighted by Crippen LogP contribution is -2.22. The Kier molecular flexibility index (Phi) is 8.20. The molecule has 0 radical (unpaired) electrons. The molecule has 3 rings (SSSR count). The molecular formula is C28H36N2O2S. The zero-order valence-corrected chi connectivity index (χ0v) is 21.3. The van der Waals surface area contributed by atoms with Gasteiger partial charge in [-0.2, -0.15) is 0 Å². The smallest absolute Gasteiger partial charge is 0.189 e. The highest BCUT2D eigenvalue weighted by Gasteiger charge is 2.31. The Labute approximate surface area is 199 Å². The van der Waals surface area contributed by atoms with Gasteiger partial charge in [0.15, 0.2) is 9.84 Å². The summed E-state index contributed by atoms with van der Waals surface area (Å²) in [6.45, 7) is 14.1. The third-order valence-corrected chi connectivity index (χ3v) is 8.40. The van der Waals surface area contributed by atoms with Gasteiger partial charge in [0.2, 0.25) is 0 Å². The van der Waals surface area contributed by atoms with Crippen LogP contribution in [-0.2, 0) is 9.84 Å². The van der Waals surface area contributed by atoms with E-state index in [0.29, 0.717) is 4.90 Å². The van der Waals surface area contributed by atoms with E-state index in [9.17, 15) is 8.42 Å². The fourth-order valence-electron chi connectivity index (χ4n) is 4.31. The van der Waals surface area contributed by atoms with Crippen molar-refractivity contribution in [1.29, 1.82) is 0 Å². The molecule has 0 fully saturated rings. The van der Waals surface area contributed by atoms with Gasteiger partial charge in [0.1, 0.15) is 5.25 Å². The van der Waals surface area contributed by atoms with E-state index < -0.39 is 15.1 Å². The molecule has 4 nitrogen and oxygen atoms in total. The summed E-state index contributed by atoms with van der Waals surface area (Å²) < 4.78 is 27.8. The lowest BCUT2D eigenvalue weighted by Gasteiger charge is -2.24. The van der Waals surface area contributed by atoms with Gasteiger partial charge in [0.25, 0.3) is 0 Å². The van der Waals surface area contributed by atoms with E-state index >= 15 is 0 Å². The summed E-state index contributed by atoms with van der Waals surface area (Å²) in [5.41, 5.74) is 4.81. The molecule has 0 bridgehead atoms. The Morgan fingerprint density at radius 3 is 1.30 bits per heavy atom. The predicted molar refractivity (Wildman–Crippen MR) is 140 cm³/mol. The Balaban J connectivity index is 2.10. The molecule has 3 aromatic carbocycles. The van der Waals surface area contributed by atoms with Crippen molar-refractivity contribution in [3.8, 4) is 0 Å². The number of anilines is 2. The highest BCUT2D eigenvalue weighted by molar-refractivity contribution is 7.91. The third kappa shape index (κ3) is 5.41. The van der Waals surface area contributed by atoms with Crippen molar-refractivity contribution in [2.75, 3.05) is 36.0 Å². The minimum Gasteiger partial charge on any atom is -0.372 e. The second-order valence-electron chi connectivity index (χ2n) is 8.27. The summed E-state index contributed by atoms with van der Waals surface area (Å²) >= 11 is 0. The molecule has 0 aliphatic heterocycles. The van der Waals surface area contributed by atoms with Gasteiger partial charge in [-0.15, -0.1) is 0 Å². The second kappa shape index (κ2) is 10.9. The standard InChI is InChI=1S/C28H36N2O2S/c1-6-29(7-2)25-16-12-23(13-17-25)28(33(31,32)27-20-10-22(5)11-21-27)24-14-18-26(19-15-24)30(8-3)9-4/h10-21,28H,6-9H2,1-5H3. The van der Waals surface area contributed by atoms with E-state index in [4.69, 9.17) is 0 Å². The number of hydrogen-bond acceptors (Lipinski definition) is 4. The zero-order valence-electron chi connectivity index (χ0n) is 20.5. The Hall–Kier alpha value is -2.79. The lowest BCUT2D eigenvalue weighted by atomic mass is 10.0. The molecule has 176 valence electrons. The summed E-state index contributed by atoms with van der Waals surface area (Å²) in [6, 6.07) is 23.1. The fraction of sp³-hybridized carbons (Fsp3) is 0.357. The summed E-state index contributed by atoms with van der Waals surface area (Å²) in [5, 5.41) is -0.767. The van der Waals surface area contributed by atoms with Crippen LogP contribution in [0.25, 0.3) is 0 Å². The number of benzene rings is 3. The molecule has 5 heteroatoms. The number of rotatable bonds is 10. The van der Waals surface area contributed by atoms with E-state index in [1.54, 1.807) is 12.1 Å². The van der Waals surface area contributed by atoms with Gasteiger partial charge in [0, 0.05) is 37.6 Å². The molecular weight excluding hydrogens is 428 g/mol. The van der Waals surface area contributed by atoms with Crippen LogP contribution in [0.4, 0.5) is 11.4 Å². The first-order chi connectivity index (χ1) is 15.8. The Morgan fingerprint density at radius 2 is 0.970 bits per heavy atom. The van der Waals surface area contributed by atoms with Crippen molar-refractivity contribution in [3.05, 3.63) is 89.5 Å². The molecule has 0 heterocycles. The van der Waals surface area contributed by atoms with Gasteiger partial charge in [-0.1, -0.05) is 42.0 Å². The van der Waals surface area contributed by atoms with Crippen LogP contribution in [0.15, 0.2) is 77.7 Å². The van der Waals surface area contributed by atoms with Crippen molar-refractivity contribution in [2.45, 2.75) is 44.8 Å². The van der Waals surface area contributed by atoms with Crippen molar-refractivity contribution in [1.82, 2.24) is 0 Å². The van der Waals surface area contributed by atoms with E-state index in [1.165, 1.54) is 0 Å².